The van der Waals surface area contributed by atoms with Crippen molar-refractivity contribution in [2.45, 2.75) is 50.8 Å². The van der Waals surface area contributed by atoms with Gasteiger partial charge in [-0.3, -0.25) is 0 Å². The summed E-state index contributed by atoms with van der Waals surface area (Å²) in [5, 5.41) is 10.5. The van der Waals surface area contributed by atoms with E-state index in [0.717, 1.165) is 12.8 Å². The molecule has 2 bridgehead atoms. The van der Waals surface area contributed by atoms with Gasteiger partial charge in [0.05, 0.1) is 16.8 Å². The topological polar surface area (TPSA) is 49.5 Å². The van der Waals surface area contributed by atoms with Gasteiger partial charge < -0.3 is 15.7 Å². The second-order valence-electron chi connectivity index (χ2n) is 5.58. The van der Waals surface area contributed by atoms with Crippen molar-refractivity contribution in [3.05, 3.63) is 22.7 Å². The SMILES string of the molecule is Cc1cc(N)c(Cl)cc1N1C2CCC1CC(O)C2. The molecule has 1 aromatic rings. The number of aliphatic hydroxyl groups excluding tert-OH is 1. The molecule has 0 spiro atoms. The van der Waals surface area contributed by atoms with Gasteiger partial charge in [0.2, 0.25) is 0 Å². The van der Waals surface area contributed by atoms with Crippen molar-refractivity contribution < 1.29 is 5.11 Å². The maximum Gasteiger partial charge on any atom is 0.0656 e. The molecule has 4 heteroatoms. The second-order valence-corrected chi connectivity index (χ2v) is 5.98. The standard InChI is InChI=1S/C14H19ClN2O/c1-8-4-13(16)12(15)7-14(8)17-9-2-3-10(17)6-11(18)5-9/h4,7,9-11,18H,2-3,5-6,16H2,1H3. The fourth-order valence-corrected chi connectivity index (χ4v) is 3.67. The van der Waals surface area contributed by atoms with Gasteiger partial charge in [0, 0.05) is 17.8 Å². The molecule has 0 saturated carbocycles. The van der Waals surface area contributed by atoms with Crippen molar-refractivity contribution in [2.75, 3.05) is 10.6 Å². The summed E-state index contributed by atoms with van der Waals surface area (Å²) in [4.78, 5) is 2.45. The Bertz CT molecular complexity index is 463. The van der Waals surface area contributed by atoms with Crippen LogP contribution >= 0.6 is 11.6 Å². The number of rotatable bonds is 1. The zero-order valence-corrected chi connectivity index (χ0v) is 11.3. The van der Waals surface area contributed by atoms with Crippen LogP contribution in [0.25, 0.3) is 0 Å². The van der Waals surface area contributed by atoms with Crippen LogP contribution in [0.4, 0.5) is 11.4 Å². The average Bonchev–Trinajstić information content (AvgIpc) is 2.56. The number of aryl methyl sites for hydroxylation is 1. The number of nitrogens with two attached hydrogens (primary N) is 1. The Labute approximate surface area is 113 Å². The summed E-state index contributed by atoms with van der Waals surface area (Å²) in [6.45, 7) is 2.08. The Kier molecular flexibility index (Phi) is 2.91. The number of fused-ring (bicyclic) bond motifs is 2. The van der Waals surface area contributed by atoms with Crippen LogP contribution in [0.1, 0.15) is 31.2 Å². The van der Waals surface area contributed by atoms with Gasteiger partial charge in [0.25, 0.3) is 0 Å². The van der Waals surface area contributed by atoms with E-state index in [2.05, 4.69) is 11.8 Å². The van der Waals surface area contributed by atoms with Crippen molar-refractivity contribution in [3.8, 4) is 0 Å². The minimum Gasteiger partial charge on any atom is -0.398 e. The molecule has 1 aromatic carbocycles. The van der Waals surface area contributed by atoms with E-state index in [-0.39, 0.29) is 6.10 Å². The van der Waals surface area contributed by atoms with Crippen molar-refractivity contribution in [3.63, 3.8) is 0 Å². The average molecular weight is 267 g/mol. The maximum absolute atomic E-state index is 9.85. The quantitative estimate of drug-likeness (QED) is 0.769. The number of hydrogen-bond donors (Lipinski definition) is 2. The molecule has 2 fully saturated rings. The van der Waals surface area contributed by atoms with E-state index in [9.17, 15) is 5.11 Å². The fraction of sp³-hybridized carbons (Fsp3) is 0.571. The first-order valence-corrected chi connectivity index (χ1v) is 6.96. The number of aliphatic hydroxyl groups is 1. The zero-order chi connectivity index (χ0) is 12.9. The van der Waals surface area contributed by atoms with E-state index in [4.69, 9.17) is 17.3 Å². The van der Waals surface area contributed by atoms with E-state index >= 15 is 0 Å². The van der Waals surface area contributed by atoms with Crippen LogP contribution in [0.2, 0.25) is 5.02 Å². The van der Waals surface area contributed by atoms with E-state index in [1.165, 1.54) is 24.1 Å². The highest BCUT2D eigenvalue weighted by Crippen LogP contribution is 2.42. The first-order chi connectivity index (χ1) is 8.56. The molecule has 2 saturated heterocycles. The van der Waals surface area contributed by atoms with Crippen LogP contribution in [-0.2, 0) is 0 Å². The van der Waals surface area contributed by atoms with Crippen LogP contribution in [0, 0.1) is 6.92 Å². The first-order valence-electron chi connectivity index (χ1n) is 6.58. The second kappa shape index (κ2) is 4.32. The largest absolute Gasteiger partial charge is 0.398 e. The maximum atomic E-state index is 9.85. The summed E-state index contributed by atoms with van der Waals surface area (Å²) < 4.78 is 0. The zero-order valence-electron chi connectivity index (χ0n) is 10.6. The highest BCUT2D eigenvalue weighted by atomic mass is 35.5. The predicted molar refractivity (Wildman–Crippen MR) is 75.1 cm³/mol. The minimum absolute atomic E-state index is 0.136. The molecule has 98 valence electrons. The summed E-state index contributed by atoms with van der Waals surface area (Å²) in [5.41, 5.74) is 8.84. The van der Waals surface area contributed by atoms with E-state index in [1.807, 2.05) is 12.1 Å². The van der Waals surface area contributed by atoms with Gasteiger partial charge >= 0.3 is 0 Å². The van der Waals surface area contributed by atoms with Gasteiger partial charge in [-0.1, -0.05) is 11.6 Å². The number of halogens is 1. The molecular weight excluding hydrogens is 248 g/mol. The van der Waals surface area contributed by atoms with Gasteiger partial charge in [-0.25, -0.2) is 0 Å². The number of benzene rings is 1. The lowest BCUT2D eigenvalue weighted by Crippen LogP contribution is -2.45. The van der Waals surface area contributed by atoms with E-state index in [1.54, 1.807) is 0 Å². The highest BCUT2D eigenvalue weighted by molar-refractivity contribution is 6.33. The van der Waals surface area contributed by atoms with E-state index < -0.39 is 0 Å². The third-order valence-corrected chi connectivity index (χ3v) is 4.63. The molecule has 0 aromatic heterocycles. The Morgan fingerprint density at radius 2 is 1.89 bits per heavy atom. The first kappa shape index (κ1) is 12.1. The molecular formula is C14H19ClN2O. The molecule has 0 aliphatic carbocycles. The lowest BCUT2D eigenvalue weighted by Gasteiger charge is -2.40. The van der Waals surface area contributed by atoms with E-state index in [0.29, 0.717) is 22.8 Å². The number of nitrogens with zero attached hydrogens (tertiary/aromatic N) is 1. The summed E-state index contributed by atoms with van der Waals surface area (Å²) in [5.74, 6) is 0. The minimum atomic E-state index is -0.136. The van der Waals surface area contributed by atoms with Gasteiger partial charge in [0.15, 0.2) is 0 Å². The molecule has 3 rings (SSSR count). The van der Waals surface area contributed by atoms with Crippen LogP contribution in [0.15, 0.2) is 12.1 Å². The third-order valence-electron chi connectivity index (χ3n) is 4.30. The van der Waals surface area contributed by atoms with Crippen molar-refractivity contribution >= 4 is 23.0 Å². The molecule has 2 aliphatic rings. The molecule has 0 amide bonds. The molecule has 2 aliphatic heterocycles. The van der Waals surface area contributed by atoms with Gasteiger partial charge in [0.1, 0.15) is 0 Å². The summed E-state index contributed by atoms with van der Waals surface area (Å²) in [7, 11) is 0. The predicted octanol–water partition coefficient (Wildman–Crippen LogP) is 2.72. The number of hydrogen-bond acceptors (Lipinski definition) is 3. The normalized spacial score (nSPS) is 30.8. The molecule has 2 unspecified atom stereocenters. The molecule has 0 radical (unpaired) electrons. The van der Waals surface area contributed by atoms with Crippen LogP contribution < -0.4 is 10.6 Å². The van der Waals surface area contributed by atoms with Crippen molar-refractivity contribution in [1.82, 2.24) is 0 Å². The van der Waals surface area contributed by atoms with Crippen molar-refractivity contribution in [1.29, 1.82) is 0 Å². The van der Waals surface area contributed by atoms with Crippen LogP contribution in [0.5, 0.6) is 0 Å². The van der Waals surface area contributed by atoms with Crippen LogP contribution in [0.3, 0.4) is 0 Å². The lowest BCUT2D eigenvalue weighted by molar-refractivity contribution is 0.126. The van der Waals surface area contributed by atoms with Gasteiger partial charge in [-0.05, 0) is 50.3 Å². The highest BCUT2D eigenvalue weighted by Gasteiger charge is 2.40. The lowest BCUT2D eigenvalue weighted by atomic mass is 9.98. The summed E-state index contributed by atoms with van der Waals surface area (Å²) in [6.07, 6.45) is 3.95. The Hall–Kier alpha value is -0.930. The number of piperidine rings is 1. The molecule has 2 heterocycles. The number of anilines is 2. The third kappa shape index (κ3) is 1.86. The Balaban J connectivity index is 1.98. The van der Waals surface area contributed by atoms with Gasteiger partial charge in [-0.2, -0.15) is 0 Å². The Morgan fingerprint density at radius 1 is 1.28 bits per heavy atom. The van der Waals surface area contributed by atoms with Gasteiger partial charge in [-0.15, -0.1) is 0 Å². The number of nitrogen functional groups attached to an aromatic ring is 1. The summed E-state index contributed by atoms with van der Waals surface area (Å²) >= 11 is 6.15. The van der Waals surface area contributed by atoms with Crippen LogP contribution in [-0.4, -0.2) is 23.3 Å². The Morgan fingerprint density at radius 3 is 2.50 bits per heavy atom. The monoisotopic (exact) mass is 266 g/mol. The molecule has 3 nitrogen and oxygen atoms in total. The smallest absolute Gasteiger partial charge is 0.0656 e. The fourth-order valence-electron chi connectivity index (χ4n) is 3.51. The molecule has 3 N–H and O–H groups in total. The van der Waals surface area contributed by atoms with Crippen molar-refractivity contribution in [2.24, 2.45) is 0 Å². The molecule has 18 heavy (non-hydrogen) atoms. The molecule has 2 atom stereocenters. The summed E-state index contributed by atoms with van der Waals surface area (Å²) in [6, 6.07) is 4.84.